The van der Waals surface area contributed by atoms with E-state index in [1.54, 1.807) is 29.8 Å². The highest BCUT2D eigenvalue weighted by molar-refractivity contribution is 8.00. The van der Waals surface area contributed by atoms with Gasteiger partial charge in [0.2, 0.25) is 0 Å². The average Bonchev–Trinajstić information content (AvgIpc) is 3.24. The second-order valence-corrected chi connectivity index (χ2v) is 8.46. The normalized spacial score (nSPS) is 10.8. The quantitative estimate of drug-likeness (QED) is 0.241. The number of ether oxygens (including phenoxy) is 1. The molecule has 0 aliphatic heterocycles. The maximum Gasteiger partial charge on any atom is 0.317 e. The maximum absolute atomic E-state index is 14.6. The first-order valence-electron chi connectivity index (χ1n) is 9.12. The SMILES string of the molecule is O=C(O)CNCCCc1cc(Cl)ccc1Oc1cc(F)c(SNc2nccs2)cc1F. The highest BCUT2D eigenvalue weighted by Gasteiger charge is 2.15. The van der Waals surface area contributed by atoms with Gasteiger partial charge in [0, 0.05) is 22.7 Å². The number of nitrogens with one attached hydrogen (secondary N) is 2. The summed E-state index contributed by atoms with van der Waals surface area (Å²) in [4.78, 5) is 14.6. The lowest BCUT2D eigenvalue weighted by Crippen LogP contribution is -2.23. The Morgan fingerprint density at radius 3 is 2.81 bits per heavy atom. The highest BCUT2D eigenvalue weighted by atomic mass is 35.5. The maximum atomic E-state index is 14.6. The summed E-state index contributed by atoms with van der Waals surface area (Å²) in [6.45, 7) is 0.338. The van der Waals surface area contributed by atoms with Gasteiger partial charge in [-0.1, -0.05) is 11.6 Å². The predicted octanol–water partition coefficient (Wildman–Crippen LogP) is 5.59. The smallest absolute Gasteiger partial charge is 0.317 e. The van der Waals surface area contributed by atoms with Crippen LogP contribution in [0.15, 0.2) is 46.8 Å². The van der Waals surface area contributed by atoms with E-state index in [2.05, 4.69) is 15.0 Å². The molecule has 1 heterocycles. The molecule has 31 heavy (non-hydrogen) atoms. The molecule has 0 unspecified atom stereocenters. The van der Waals surface area contributed by atoms with Crippen molar-refractivity contribution in [3.05, 3.63) is 64.1 Å². The molecule has 0 aliphatic carbocycles. The molecule has 2 aromatic carbocycles. The number of thiazole rings is 1. The zero-order chi connectivity index (χ0) is 22.2. The molecule has 1 aromatic heterocycles. The molecule has 0 fully saturated rings. The van der Waals surface area contributed by atoms with Crippen LogP contribution in [-0.4, -0.2) is 29.1 Å². The van der Waals surface area contributed by atoms with Crippen molar-refractivity contribution in [2.75, 3.05) is 17.8 Å². The van der Waals surface area contributed by atoms with Crippen molar-refractivity contribution in [1.29, 1.82) is 0 Å². The molecule has 0 spiro atoms. The number of hydrogen-bond donors (Lipinski definition) is 3. The minimum atomic E-state index is -0.937. The summed E-state index contributed by atoms with van der Waals surface area (Å²) in [6, 6.07) is 6.92. The van der Waals surface area contributed by atoms with Crippen molar-refractivity contribution >= 4 is 46.0 Å². The first-order chi connectivity index (χ1) is 14.9. The van der Waals surface area contributed by atoms with Gasteiger partial charge in [0.25, 0.3) is 0 Å². The summed E-state index contributed by atoms with van der Waals surface area (Å²) >= 11 is 8.32. The first kappa shape index (κ1) is 23.3. The van der Waals surface area contributed by atoms with E-state index in [4.69, 9.17) is 21.4 Å². The highest BCUT2D eigenvalue weighted by Crippen LogP contribution is 2.34. The molecule has 11 heteroatoms. The zero-order valence-electron chi connectivity index (χ0n) is 16.0. The topological polar surface area (TPSA) is 83.5 Å². The molecule has 0 bridgehead atoms. The minimum Gasteiger partial charge on any atom is -0.480 e. The van der Waals surface area contributed by atoms with Crippen LogP contribution >= 0.6 is 34.9 Å². The number of anilines is 1. The number of halogens is 3. The third-order valence-corrected chi connectivity index (χ3v) is 5.87. The summed E-state index contributed by atoms with van der Waals surface area (Å²) in [7, 11) is 0. The van der Waals surface area contributed by atoms with Gasteiger partial charge in [-0.2, -0.15) is 0 Å². The molecule has 0 saturated carbocycles. The number of rotatable bonds is 11. The van der Waals surface area contributed by atoms with E-state index >= 15 is 0 Å². The van der Waals surface area contributed by atoms with Gasteiger partial charge in [0.1, 0.15) is 11.6 Å². The van der Waals surface area contributed by atoms with Crippen LogP contribution in [0.2, 0.25) is 5.02 Å². The molecular weight excluding hydrogens is 468 g/mol. The van der Waals surface area contributed by atoms with Gasteiger partial charge in [-0.15, -0.1) is 11.3 Å². The van der Waals surface area contributed by atoms with Crippen LogP contribution in [0.1, 0.15) is 12.0 Å². The Bertz CT molecular complexity index is 1040. The van der Waals surface area contributed by atoms with E-state index in [1.807, 2.05) is 0 Å². The molecule has 6 nitrogen and oxygen atoms in total. The van der Waals surface area contributed by atoms with Crippen LogP contribution in [0.5, 0.6) is 11.5 Å². The molecule has 0 aliphatic rings. The molecule has 0 atom stereocenters. The Morgan fingerprint density at radius 2 is 2.06 bits per heavy atom. The summed E-state index contributed by atoms with van der Waals surface area (Å²) in [5.41, 5.74) is 0.702. The Balaban J connectivity index is 1.68. The standard InChI is InChI=1S/C20H18ClF2N3O3S2/c21-13-3-4-16(12(8-13)2-1-5-24-11-19(27)28)29-17-9-15(23)18(10-14(17)22)31-26-20-25-6-7-30-20/h3-4,6-10,24H,1-2,5,11H2,(H,25,26)(H,27,28). The lowest BCUT2D eigenvalue weighted by molar-refractivity contribution is -0.135. The molecule has 164 valence electrons. The molecule has 0 amide bonds. The molecular formula is C20H18ClF2N3O3S2. The zero-order valence-corrected chi connectivity index (χ0v) is 18.4. The fourth-order valence-corrected chi connectivity index (χ4v) is 4.05. The number of nitrogens with zero attached hydrogens (tertiary/aromatic N) is 1. The van der Waals surface area contributed by atoms with E-state index in [9.17, 15) is 13.6 Å². The summed E-state index contributed by atoms with van der Waals surface area (Å²) in [6.07, 6.45) is 2.73. The summed E-state index contributed by atoms with van der Waals surface area (Å²) < 4.78 is 37.6. The van der Waals surface area contributed by atoms with Gasteiger partial charge < -0.3 is 19.9 Å². The molecule has 3 aromatic rings. The number of aryl methyl sites for hydroxylation is 1. The van der Waals surface area contributed by atoms with E-state index < -0.39 is 17.6 Å². The van der Waals surface area contributed by atoms with Crippen molar-refractivity contribution in [3.8, 4) is 11.5 Å². The molecule has 0 radical (unpaired) electrons. The van der Waals surface area contributed by atoms with E-state index in [0.717, 1.165) is 24.1 Å². The van der Waals surface area contributed by atoms with E-state index in [0.29, 0.717) is 40.9 Å². The second kappa shape index (κ2) is 11.3. The minimum absolute atomic E-state index is 0.0703. The summed E-state index contributed by atoms with van der Waals surface area (Å²) in [5, 5.41) is 14.3. The van der Waals surface area contributed by atoms with Crippen LogP contribution in [0.4, 0.5) is 13.9 Å². The predicted molar refractivity (Wildman–Crippen MR) is 118 cm³/mol. The van der Waals surface area contributed by atoms with Crippen molar-refractivity contribution < 1.29 is 23.4 Å². The van der Waals surface area contributed by atoms with Gasteiger partial charge in [0.05, 0.1) is 11.4 Å². The fraction of sp³-hybridized carbons (Fsp3) is 0.200. The third kappa shape index (κ3) is 7.06. The second-order valence-electron chi connectivity index (χ2n) is 6.28. The van der Waals surface area contributed by atoms with Gasteiger partial charge in [-0.05, 0) is 61.2 Å². The number of carboxylic acid groups (broad SMARTS) is 1. The number of aliphatic carboxylic acids is 1. The lowest BCUT2D eigenvalue weighted by Gasteiger charge is -2.14. The first-order valence-corrected chi connectivity index (χ1v) is 11.2. The lowest BCUT2D eigenvalue weighted by atomic mass is 10.1. The summed E-state index contributed by atoms with van der Waals surface area (Å²) in [5.74, 6) is -2.19. The Labute approximate surface area is 190 Å². The molecule has 0 saturated heterocycles. The number of carbonyl (C=O) groups is 1. The van der Waals surface area contributed by atoms with Gasteiger partial charge in [-0.25, -0.2) is 13.8 Å². The molecule has 3 rings (SSSR count). The number of benzene rings is 2. The van der Waals surface area contributed by atoms with Crippen LogP contribution in [0, 0.1) is 11.6 Å². The van der Waals surface area contributed by atoms with E-state index in [-0.39, 0.29) is 17.2 Å². The Kier molecular flexibility index (Phi) is 8.47. The van der Waals surface area contributed by atoms with E-state index in [1.165, 1.54) is 11.3 Å². The van der Waals surface area contributed by atoms with Gasteiger partial charge >= 0.3 is 5.97 Å². The van der Waals surface area contributed by atoms with Crippen LogP contribution in [-0.2, 0) is 11.2 Å². The fourth-order valence-electron chi connectivity index (χ4n) is 2.60. The number of aromatic nitrogens is 1. The molecule has 3 N–H and O–H groups in total. The van der Waals surface area contributed by atoms with Crippen LogP contribution < -0.4 is 14.8 Å². The average molecular weight is 486 g/mol. The van der Waals surface area contributed by atoms with Crippen molar-refractivity contribution in [3.63, 3.8) is 0 Å². The van der Waals surface area contributed by atoms with Crippen molar-refractivity contribution in [1.82, 2.24) is 10.3 Å². The van der Waals surface area contributed by atoms with Crippen molar-refractivity contribution in [2.24, 2.45) is 0 Å². The Morgan fingerprint density at radius 1 is 1.23 bits per heavy atom. The number of carboxylic acids is 1. The largest absolute Gasteiger partial charge is 0.480 e. The van der Waals surface area contributed by atoms with Crippen molar-refractivity contribution in [2.45, 2.75) is 17.7 Å². The monoisotopic (exact) mass is 485 g/mol. The third-order valence-electron chi connectivity index (χ3n) is 3.99. The number of hydrogen-bond acceptors (Lipinski definition) is 7. The van der Waals surface area contributed by atoms with Crippen LogP contribution in [0.25, 0.3) is 0 Å². The van der Waals surface area contributed by atoms with Crippen LogP contribution in [0.3, 0.4) is 0 Å². The van der Waals surface area contributed by atoms with Gasteiger partial charge in [0.15, 0.2) is 16.7 Å². The van der Waals surface area contributed by atoms with Gasteiger partial charge in [-0.3, -0.25) is 4.79 Å². The Hall–Kier alpha value is -2.40.